The minimum atomic E-state index is -0.514. The van der Waals surface area contributed by atoms with Crippen molar-refractivity contribution < 1.29 is 10.2 Å². The topological polar surface area (TPSA) is 61.0 Å². The molecule has 0 atom stereocenters. The van der Waals surface area contributed by atoms with Crippen LogP contribution < -0.4 is 0 Å². The smallest absolute Gasteiger partial charge is 0.195 e. The molecule has 0 saturated heterocycles. The van der Waals surface area contributed by atoms with E-state index in [1.807, 2.05) is 34.8 Å². The van der Waals surface area contributed by atoms with Crippen molar-refractivity contribution in [3.63, 3.8) is 0 Å². The van der Waals surface area contributed by atoms with Gasteiger partial charge in [-0.2, -0.15) is 0 Å². The first-order valence-corrected chi connectivity index (χ1v) is 7.25. The Balaban J connectivity index is 2.12. The highest BCUT2D eigenvalue weighted by Crippen LogP contribution is 2.23. The lowest BCUT2D eigenvalue weighted by Gasteiger charge is -2.30. The van der Waals surface area contributed by atoms with Crippen LogP contribution in [0.15, 0.2) is 11.6 Å². The second-order valence-electron chi connectivity index (χ2n) is 5.20. The van der Waals surface area contributed by atoms with Crippen LogP contribution in [0.2, 0.25) is 5.15 Å². The molecule has 0 aliphatic rings. The normalized spacial score (nSPS) is 12.7. The van der Waals surface area contributed by atoms with Crippen LogP contribution in [0.5, 0.6) is 0 Å². The zero-order chi connectivity index (χ0) is 14.0. The molecular weight excluding hydrogens is 286 g/mol. The molecule has 2 heterocycles. The number of aliphatic hydroxyl groups is 2. The summed E-state index contributed by atoms with van der Waals surface area (Å²) in [7, 11) is 1.94. The highest BCUT2D eigenvalue weighted by atomic mass is 35.5. The zero-order valence-corrected chi connectivity index (χ0v) is 12.6. The molecule has 0 spiro atoms. The first-order chi connectivity index (χ1) is 8.99. The maximum Gasteiger partial charge on any atom is 0.195 e. The number of aromatic nitrogens is 2. The highest BCUT2D eigenvalue weighted by molar-refractivity contribution is 7.15. The fraction of sp³-hybridized carbons (Fsp3) is 0.583. The Morgan fingerprint density at radius 1 is 1.47 bits per heavy atom. The average Bonchev–Trinajstić information content (AvgIpc) is 2.93. The maximum atomic E-state index is 9.32. The van der Waals surface area contributed by atoms with Crippen LogP contribution in [-0.4, -0.2) is 51.3 Å². The number of hydrogen-bond donors (Lipinski definition) is 2. The summed E-state index contributed by atoms with van der Waals surface area (Å²) in [4.78, 5) is 7.19. The van der Waals surface area contributed by atoms with E-state index in [2.05, 4.69) is 4.98 Å². The summed E-state index contributed by atoms with van der Waals surface area (Å²) in [6, 6.07) is 0. The van der Waals surface area contributed by atoms with Crippen LogP contribution in [0.4, 0.5) is 0 Å². The van der Waals surface area contributed by atoms with Crippen molar-refractivity contribution in [3.8, 4) is 0 Å². The second-order valence-corrected chi connectivity index (χ2v) is 6.44. The number of aliphatic hydroxyl groups excluding tert-OH is 2. The van der Waals surface area contributed by atoms with Crippen LogP contribution >= 0.6 is 22.9 Å². The molecule has 5 nitrogen and oxygen atoms in total. The number of halogens is 1. The van der Waals surface area contributed by atoms with Crippen molar-refractivity contribution in [2.24, 2.45) is 5.41 Å². The van der Waals surface area contributed by atoms with Gasteiger partial charge in [0.2, 0.25) is 0 Å². The predicted octanol–water partition coefficient (Wildman–Crippen LogP) is 1.47. The molecule has 19 heavy (non-hydrogen) atoms. The van der Waals surface area contributed by atoms with Gasteiger partial charge in [0.05, 0.1) is 18.9 Å². The molecule has 2 aromatic rings. The molecule has 7 heteroatoms. The quantitative estimate of drug-likeness (QED) is 0.848. The van der Waals surface area contributed by atoms with Crippen molar-refractivity contribution in [1.82, 2.24) is 14.3 Å². The largest absolute Gasteiger partial charge is 0.396 e. The fourth-order valence-corrected chi connectivity index (χ4v) is 3.07. The van der Waals surface area contributed by atoms with Gasteiger partial charge in [0.25, 0.3) is 0 Å². The van der Waals surface area contributed by atoms with E-state index < -0.39 is 5.41 Å². The number of thiazole rings is 1. The van der Waals surface area contributed by atoms with Crippen molar-refractivity contribution in [3.05, 3.63) is 22.4 Å². The van der Waals surface area contributed by atoms with Gasteiger partial charge in [-0.25, -0.2) is 4.98 Å². The van der Waals surface area contributed by atoms with Gasteiger partial charge in [-0.15, -0.1) is 11.3 Å². The van der Waals surface area contributed by atoms with Crippen LogP contribution in [0.25, 0.3) is 4.96 Å². The number of hydrogen-bond acceptors (Lipinski definition) is 5. The van der Waals surface area contributed by atoms with Gasteiger partial charge in [-0.3, -0.25) is 9.30 Å². The summed E-state index contributed by atoms with van der Waals surface area (Å²) in [5, 5.41) is 21.1. The van der Waals surface area contributed by atoms with E-state index in [4.69, 9.17) is 11.6 Å². The summed E-state index contributed by atoms with van der Waals surface area (Å²) in [5.41, 5.74) is 0.415. The van der Waals surface area contributed by atoms with Crippen LogP contribution in [0.3, 0.4) is 0 Å². The Morgan fingerprint density at radius 2 is 2.16 bits per heavy atom. The van der Waals surface area contributed by atoms with E-state index in [0.29, 0.717) is 18.2 Å². The fourth-order valence-electron chi connectivity index (χ4n) is 2.06. The van der Waals surface area contributed by atoms with E-state index in [1.54, 1.807) is 11.3 Å². The monoisotopic (exact) mass is 303 g/mol. The Hall–Kier alpha value is -0.660. The molecule has 0 aliphatic heterocycles. The van der Waals surface area contributed by atoms with Gasteiger partial charge in [0.15, 0.2) is 10.1 Å². The van der Waals surface area contributed by atoms with Crippen LogP contribution in [0.1, 0.15) is 12.6 Å². The third kappa shape index (κ3) is 3.09. The number of fused-ring (bicyclic) bond motifs is 1. The molecule has 0 bridgehead atoms. The van der Waals surface area contributed by atoms with E-state index >= 15 is 0 Å². The van der Waals surface area contributed by atoms with Crippen molar-refractivity contribution in [2.45, 2.75) is 13.5 Å². The lowest BCUT2D eigenvalue weighted by molar-refractivity contribution is 0.0399. The molecular formula is C12H18ClN3O2S. The molecule has 2 rings (SSSR count). The molecule has 0 radical (unpaired) electrons. The Kier molecular flexibility index (Phi) is 4.47. The third-order valence-electron chi connectivity index (χ3n) is 3.15. The van der Waals surface area contributed by atoms with Gasteiger partial charge < -0.3 is 10.2 Å². The molecule has 0 saturated carbocycles. The first-order valence-electron chi connectivity index (χ1n) is 5.99. The van der Waals surface area contributed by atoms with Gasteiger partial charge in [0.1, 0.15) is 0 Å². The average molecular weight is 304 g/mol. The molecule has 0 fully saturated rings. The predicted molar refractivity (Wildman–Crippen MR) is 76.7 cm³/mol. The first kappa shape index (κ1) is 14.7. The minimum absolute atomic E-state index is 0.0537. The number of imidazole rings is 1. The minimum Gasteiger partial charge on any atom is -0.396 e. The zero-order valence-electron chi connectivity index (χ0n) is 11.0. The molecule has 2 N–H and O–H groups in total. The van der Waals surface area contributed by atoms with E-state index in [9.17, 15) is 10.2 Å². The maximum absolute atomic E-state index is 9.32. The lowest BCUT2D eigenvalue weighted by atomic mass is 9.92. The SMILES string of the molecule is CN(Cc1c(Cl)nc2sccn12)CC(C)(CO)CO. The lowest BCUT2D eigenvalue weighted by Crippen LogP contribution is -2.38. The van der Waals surface area contributed by atoms with Crippen LogP contribution in [-0.2, 0) is 6.54 Å². The summed E-state index contributed by atoms with van der Waals surface area (Å²) in [6.45, 7) is 2.94. The van der Waals surface area contributed by atoms with Gasteiger partial charge >= 0.3 is 0 Å². The molecule has 0 amide bonds. The van der Waals surface area contributed by atoms with E-state index in [0.717, 1.165) is 10.7 Å². The standard InChI is InChI=1S/C12H18ClN3O2S/c1-12(7-17,8-18)6-15(2)5-9-10(13)14-11-16(9)3-4-19-11/h3-4,17-18H,5-8H2,1-2H3. The molecule has 0 aromatic carbocycles. The number of rotatable bonds is 6. The molecule has 0 unspecified atom stereocenters. The Bertz CT molecular complexity index is 550. The summed E-state index contributed by atoms with van der Waals surface area (Å²) >= 11 is 7.68. The van der Waals surface area contributed by atoms with E-state index in [-0.39, 0.29) is 13.2 Å². The Morgan fingerprint density at radius 3 is 2.79 bits per heavy atom. The van der Waals surface area contributed by atoms with E-state index in [1.165, 1.54) is 0 Å². The molecule has 0 aliphatic carbocycles. The summed E-state index contributed by atoms with van der Waals surface area (Å²) in [5.74, 6) is 0. The van der Waals surface area contributed by atoms with Crippen molar-refractivity contribution in [2.75, 3.05) is 26.8 Å². The molecule has 2 aromatic heterocycles. The molecule has 106 valence electrons. The highest BCUT2D eigenvalue weighted by Gasteiger charge is 2.25. The van der Waals surface area contributed by atoms with Crippen LogP contribution in [0, 0.1) is 5.41 Å². The Labute approximate surface area is 121 Å². The number of nitrogens with zero attached hydrogens (tertiary/aromatic N) is 3. The van der Waals surface area contributed by atoms with Gasteiger partial charge in [-0.1, -0.05) is 18.5 Å². The van der Waals surface area contributed by atoms with Gasteiger partial charge in [-0.05, 0) is 7.05 Å². The summed E-state index contributed by atoms with van der Waals surface area (Å²) < 4.78 is 1.97. The second kappa shape index (κ2) is 5.76. The van der Waals surface area contributed by atoms with Gasteiger partial charge in [0, 0.05) is 30.1 Å². The summed E-state index contributed by atoms with van der Waals surface area (Å²) in [6.07, 6.45) is 1.94. The van der Waals surface area contributed by atoms with Crippen molar-refractivity contribution in [1.29, 1.82) is 0 Å². The van der Waals surface area contributed by atoms with Crippen molar-refractivity contribution >= 4 is 27.9 Å². The third-order valence-corrected chi connectivity index (χ3v) is 4.21.